The lowest BCUT2D eigenvalue weighted by atomic mass is 10.4. The standard InChI is InChI=1S/C10H10Cl2N4O/c1-2-15-5-13-3-7(15)4-16-6-14-9(12)8(11)10(16)17/h3,5-6H,2,4H2,1H3. The van der Waals surface area contributed by atoms with E-state index in [4.69, 9.17) is 23.2 Å². The fraction of sp³-hybridized carbons (Fsp3) is 0.300. The molecule has 2 aromatic heterocycles. The Hall–Kier alpha value is -1.33. The number of halogens is 2. The zero-order chi connectivity index (χ0) is 12.4. The van der Waals surface area contributed by atoms with Crippen LogP contribution in [0.1, 0.15) is 12.6 Å². The van der Waals surface area contributed by atoms with E-state index in [0.29, 0.717) is 6.54 Å². The van der Waals surface area contributed by atoms with Crippen LogP contribution < -0.4 is 5.56 Å². The highest BCUT2D eigenvalue weighted by Crippen LogP contribution is 2.13. The van der Waals surface area contributed by atoms with Crippen LogP contribution in [0, 0.1) is 0 Å². The van der Waals surface area contributed by atoms with Crippen LogP contribution in [0.25, 0.3) is 0 Å². The van der Waals surface area contributed by atoms with Gasteiger partial charge in [0.1, 0.15) is 5.02 Å². The van der Waals surface area contributed by atoms with Crippen molar-refractivity contribution in [1.82, 2.24) is 19.1 Å². The van der Waals surface area contributed by atoms with Crippen LogP contribution in [0.3, 0.4) is 0 Å². The minimum absolute atomic E-state index is 0.0249. The summed E-state index contributed by atoms with van der Waals surface area (Å²) in [6.45, 7) is 3.16. The fourth-order valence-electron chi connectivity index (χ4n) is 1.50. The first-order valence-corrected chi connectivity index (χ1v) is 5.78. The molecular formula is C10H10Cl2N4O. The summed E-state index contributed by atoms with van der Waals surface area (Å²) in [5, 5.41) is -0.0337. The van der Waals surface area contributed by atoms with Crippen LogP contribution in [0.4, 0.5) is 0 Å². The molecule has 0 amide bonds. The number of nitrogens with zero attached hydrogens (tertiary/aromatic N) is 4. The molecule has 0 fully saturated rings. The predicted octanol–water partition coefficient (Wildman–Crippen LogP) is 1.81. The third kappa shape index (κ3) is 2.35. The summed E-state index contributed by atoms with van der Waals surface area (Å²) in [5.74, 6) is 0. The van der Waals surface area contributed by atoms with Gasteiger partial charge in [-0.05, 0) is 6.92 Å². The first kappa shape index (κ1) is 12.1. The summed E-state index contributed by atoms with van der Waals surface area (Å²) < 4.78 is 3.34. The highest BCUT2D eigenvalue weighted by molar-refractivity contribution is 6.40. The van der Waals surface area contributed by atoms with Crippen molar-refractivity contribution in [3.63, 3.8) is 0 Å². The van der Waals surface area contributed by atoms with Crippen LogP contribution in [0.2, 0.25) is 10.2 Å². The molecule has 7 heteroatoms. The average Bonchev–Trinajstić information content (AvgIpc) is 2.77. The van der Waals surface area contributed by atoms with Gasteiger partial charge in [0.05, 0.1) is 24.9 Å². The van der Waals surface area contributed by atoms with Crippen LogP contribution in [-0.4, -0.2) is 19.1 Å². The molecule has 90 valence electrons. The van der Waals surface area contributed by atoms with Gasteiger partial charge in [0, 0.05) is 12.7 Å². The second-order valence-corrected chi connectivity index (χ2v) is 4.19. The quantitative estimate of drug-likeness (QED) is 0.801. The third-order valence-corrected chi connectivity index (χ3v) is 3.14. The van der Waals surface area contributed by atoms with Gasteiger partial charge in [-0.25, -0.2) is 9.97 Å². The summed E-state index contributed by atoms with van der Waals surface area (Å²) in [6.07, 6.45) is 4.80. The predicted molar refractivity (Wildman–Crippen MR) is 65.5 cm³/mol. The van der Waals surface area contributed by atoms with Gasteiger partial charge in [-0.15, -0.1) is 0 Å². The summed E-state index contributed by atoms with van der Waals surface area (Å²) in [7, 11) is 0. The van der Waals surface area contributed by atoms with Crippen LogP contribution in [-0.2, 0) is 13.1 Å². The van der Waals surface area contributed by atoms with Crippen LogP contribution >= 0.6 is 23.2 Å². The van der Waals surface area contributed by atoms with E-state index >= 15 is 0 Å². The van der Waals surface area contributed by atoms with Gasteiger partial charge in [-0.2, -0.15) is 0 Å². The van der Waals surface area contributed by atoms with E-state index in [1.54, 1.807) is 12.5 Å². The molecule has 0 aliphatic rings. The van der Waals surface area contributed by atoms with Crippen molar-refractivity contribution in [2.45, 2.75) is 20.0 Å². The molecule has 0 saturated carbocycles. The van der Waals surface area contributed by atoms with E-state index in [1.165, 1.54) is 10.9 Å². The zero-order valence-electron chi connectivity index (χ0n) is 9.10. The average molecular weight is 273 g/mol. The molecule has 2 aromatic rings. The van der Waals surface area contributed by atoms with Gasteiger partial charge >= 0.3 is 0 Å². The summed E-state index contributed by atoms with van der Waals surface area (Å²) in [5.41, 5.74) is 0.560. The Kier molecular flexibility index (Phi) is 3.49. The van der Waals surface area contributed by atoms with Gasteiger partial charge in [0.25, 0.3) is 5.56 Å². The molecule has 17 heavy (non-hydrogen) atoms. The van der Waals surface area contributed by atoms with E-state index in [1.807, 2.05) is 11.5 Å². The lowest BCUT2D eigenvalue weighted by molar-refractivity contribution is 0.648. The number of rotatable bonds is 3. The maximum atomic E-state index is 11.8. The van der Waals surface area contributed by atoms with Gasteiger partial charge in [0.15, 0.2) is 5.15 Å². The lowest BCUT2D eigenvalue weighted by Crippen LogP contribution is -2.22. The highest BCUT2D eigenvalue weighted by atomic mass is 35.5. The van der Waals surface area contributed by atoms with Crippen molar-refractivity contribution in [3.05, 3.63) is 45.1 Å². The second kappa shape index (κ2) is 4.89. The Labute approximate surface area is 108 Å². The fourth-order valence-corrected chi connectivity index (χ4v) is 1.78. The van der Waals surface area contributed by atoms with E-state index in [9.17, 15) is 4.79 Å². The first-order valence-electron chi connectivity index (χ1n) is 5.03. The minimum Gasteiger partial charge on any atom is -0.333 e. The van der Waals surface area contributed by atoms with Crippen molar-refractivity contribution >= 4 is 23.2 Å². The number of hydrogen-bond acceptors (Lipinski definition) is 3. The van der Waals surface area contributed by atoms with Gasteiger partial charge in [-0.3, -0.25) is 9.36 Å². The Bertz CT molecular complexity index is 590. The van der Waals surface area contributed by atoms with E-state index in [0.717, 1.165) is 12.2 Å². The maximum Gasteiger partial charge on any atom is 0.274 e. The van der Waals surface area contributed by atoms with Crippen molar-refractivity contribution in [1.29, 1.82) is 0 Å². The smallest absolute Gasteiger partial charge is 0.274 e. The van der Waals surface area contributed by atoms with Crippen molar-refractivity contribution in [2.24, 2.45) is 0 Å². The molecular weight excluding hydrogens is 263 g/mol. The molecule has 0 atom stereocenters. The van der Waals surface area contributed by atoms with E-state index in [2.05, 4.69) is 9.97 Å². The van der Waals surface area contributed by atoms with Crippen molar-refractivity contribution < 1.29 is 0 Å². The second-order valence-electron chi connectivity index (χ2n) is 3.45. The Morgan fingerprint density at radius 3 is 2.76 bits per heavy atom. The minimum atomic E-state index is -0.351. The zero-order valence-corrected chi connectivity index (χ0v) is 10.6. The topological polar surface area (TPSA) is 52.7 Å². The molecule has 2 rings (SSSR count). The van der Waals surface area contributed by atoms with Crippen LogP contribution in [0.15, 0.2) is 23.6 Å². The SMILES string of the molecule is CCn1cncc1Cn1cnc(Cl)c(Cl)c1=O. The molecule has 0 aliphatic carbocycles. The molecule has 0 radical (unpaired) electrons. The molecule has 0 aliphatic heterocycles. The Morgan fingerprint density at radius 1 is 1.29 bits per heavy atom. The van der Waals surface area contributed by atoms with Crippen molar-refractivity contribution in [2.75, 3.05) is 0 Å². The molecule has 0 unspecified atom stereocenters. The van der Waals surface area contributed by atoms with Gasteiger partial charge < -0.3 is 4.57 Å². The number of hydrogen-bond donors (Lipinski definition) is 0. The summed E-state index contributed by atoms with van der Waals surface area (Å²) >= 11 is 11.4. The number of imidazole rings is 1. The van der Waals surface area contributed by atoms with Gasteiger partial charge in [0.2, 0.25) is 0 Å². The molecule has 0 spiro atoms. The van der Waals surface area contributed by atoms with Crippen molar-refractivity contribution in [3.8, 4) is 0 Å². The van der Waals surface area contributed by atoms with Crippen LogP contribution in [0.5, 0.6) is 0 Å². The normalized spacial score (nSPS) is 10.8. The van der Waals surface area contributed by atoms with E-state index in [-0.39, 0.29) is 15.7 Å². The molecule has 2 heterocycles. The summed E-state index contributed by atoms with van der Waals surface area (Å²) in [4.78, 5) is 19.7. The molecule has 0 aromatic carbocycles. The molecule has 0 N–H and O–H groups in total. The third-order valence-electron chi connectivity index (χ3n) is 2.41. The van der Waals surface area contributed by atoms with Gasteiger partial charge in [-0.1, -0.05) is 23.2 Å². The first-order chi connectivity index (χ1) is 8.13. The monoisotopic (exact) mass is 272 g/mol. The molecule has 0 bridgehead atoms. The Balaban J connectivity index is 2.37. The lowest BCUT2D eigenvalue weighted by Gasteiger charge is -2.07. The number of aromatic nitrogens is 4. The molecule has 5 nitrogen and oxygen atoms in total. The van der Waals surface area contributed by atoms with E-state index < -0.39 is 0 Å². The maximum absolute atomic E-state index is 11.8. The Morgan fingerprint density at radius 2 is 2.06 bits per heavy atom. The summed E-state index contributed by atoms with van der Waals surface area (Å²) in [6, 6.07) is 0. The number of aryl methyl sites for hydroxylation is 1. The largest absolute Gasteiger partial charge is 0.333 e. The molecule has 0 saturated heterocycles. The highest BCUT2D eigenvalue weighted by Gasteiger charge is 2.09.